The lowest BCUT2D eigenvalue weighted by Crippen LogP contribution is -2.27. The molecular weight excluding hydrogens is 364 g/mol. The molecule has 1 heterocycles. The molecule has 5 aromatic carbocycles. The Morgan fingerprint density at radius 1 is 0.533 bits per heavy atom. The van der Waals surface area contributed by atoms with E-state index in [0.717, 1.165) is 6.54 Å². The van der Waals surface area contributed by atoms with Crippen molar-refractivity contribution in [1.82, 2.24) is 0 Å². The molecule has 0 saturated heterocycles. The lowest BCUT2D eigenvalue weighted by molar-refractivity contribution is 0.958. The first-order chi connectivity index (χ1) is 14.8. The van der Waals surface area contributed by atoms with Gasteiger partial charge in [-0.15, -0.1) is 0 Å². The maximum Gasteiger partial charge on any atom is 0.0655 e. The number of fused-ring (bicyclic) bond motifs is 5. The monoisotopic (exact) mass is 386 g/mol. The summed E-state index contributed by atoms with van der Waals surface area (Å²) in [5.41, 5.74) is 6.31. The van der Waals surface area contributed by atoms with Gasteiger partial charge in [-0.05, 0) is 57.4 Å². The van der Waals surface area contributed by atoms with Crippen LogP contribution in [-0.4, -0.2) is 7.05 Å². The molecule has 1 aliphatic rings. The van der Waals surface area contributed by atoms with Crippen LogP contribution in [0.2, 0.25) is 0 Å². The zero-order valence-electron chi connectivity index (χ0n) is 16.9. The van der Waals surface area contributed by atoms with Crippen molar-refractivity contribution in [2.45, 2.75) is 6.54 Å². The second-order valence-corrected chi connectivity index (χ2v) is 7.93. The maximum atomic E-state index is 2.46. The van der Waals surface area contributed by atoms with Crippen molar-refractivity contribution in [2.24, 2.45) is 0 Å². The lowest BCUT2D eigenvalue weighted by Gasteiger charge is -2.38. The molecule has 144 valence electrons. The molecule has 0 aliphatic carbocycles. The minimum atomic E-state index is 0.827. The topological polar surface area (TPSA) is 6.48 Å². The summed E-state index contributed by atoms with van der Waals surface area (Å²) in [5, 5.41) is 5.25. The van der Waals surface area contributed by atoms with Crippen molar-refractivity contribution in [2.75, 3.05) is 16.8 Å². The molecule has 0 fully saturated rings. The van der Waals surface area contributed by atoms with Crippen LogP contribution in [-0.2, 0) is 6.54 Å². The quantitative estimate of drug-likeness (QED) is 0.291. The highest BCUT2D eigenvalue weighted by Gasteiger charge is 2.26. The predicted molar refractivity (Wildman–Crippen MR) is 128 cm³/mol. The third kappa shape index (κ3) is 2.50. The molecular formula is C28H22N2. The molecule has 0 radical (unpaired) electrons. The van der Waals surface area contributed by atoms with E-state index in [0.29, 0.717) is 0 Å². The van der Waals surface area contributed by atoms with E-state index in [9.17, 15) is 0 Å². The van der Waals surface area contributed by atoms with Crippen LogP contribution in [0, 0.1) is 0 Å². The van der Waals surface area contributed by atoms with Gasteiger partial charge in [0.1, 0.15) is 0 Å². The van der Waals surface area contributed by atoms with Crippen molar-refractivity contribution < 1.29 is 0 Å². The Morgan fingerprint density at radius 3 is 1.70 bits per heavy atom. The van der Waals surface area contributed by atoms with Gasteiger partial charge in [-0.25, -0.2) is 0 Å². The summed E-state index contributed by atoms with van der Waals surface area (Å²) in [5.74, 6) is 0. The molecule has 0 bridgehead atoms. The summed E-state index contributed by atoms with van der Waals surface area (Å²) < 4.78 is 0. The first-order valence-corrected chi connectivity index (χ1v) is 10.4. The van der Waals surface area contributed by atoms with Gasteiger partial charge < -0.3 is 9.80 Å². The van der Waals surface area contributed by atoms with Crippen LogP contribution in [0.4, 0.5) is 22.7 Å². The summed E-state index contributed by atoms with van der Waals surface area (Å²) in [6.45, 7) is 0.827. The van der Waals surface area contributed by atoms with Crippen LogP contribution >= 0.6 is 0 Å². The number of hydrogen-bond donors (Lipinski definition) is 0. The van der Waals surface area contributed by atoms with Crippen LogP contribution in [0.25, 0.3) is 21.5 Å². The highest BCUT2D eigenvalue weighted by molar-refractivity contribution is 6.09. The normalized spacial score (nSPS) is 12.8. The minimum Gasteiger partial charge on any atom is -0.341 e. The fourth-order valence-corrected chi connectivity index (χ4v) is 4.81. The minimum absolute atomic E-state index is 0.827. The van der Waals surface area contributed by atoms with E-state index in [1.165, 1.54) is 49.9 Å². The Morgan fingerprint density at radius 2 is 1.03 bits per heavy atom. The van der Waals surface area contributed by atoms with E-state index >= 15 is 0 Å². The Hall–Kier alpha value is -3.78. The molecule has 30 heavy (non-hydrogen) atoms. The zero-order chi connectivity index (χ0) is 20.1. The Labute approximate surface area is 176 Å². The molecule has 0 atom stereocenters. The fraction of sp³-hybridized carbons (Fsp3) is 0.0714. The van der Waals surface area contributed by atoms with Crippen molar-refractivity contribution in [3.63, 3.8) is 0 Å². The third-order valence-corrected chi connectivity index (χ3v) is 6.25. The number of para-hydroxylation sites is 4. The standard InChI is InChI=1S/C28H22N2/c1-29-25-14-6-8-16-27(25)30(28-17-9-7-15-26(28)29)19-21-18-20-10-2-3-11-22(20)24-13-5-4-12-23(21)24/h2-18H,19H2,1H3. The highest BCUT2D eigenvalue weighted by atomic mass is 15.3. The first kappa shape index (κ1) is 17.1. The van der Waals surface area contributed by atoms with Gasteiger partial charge in [0.05, 0.1) is 22.7 Å². The summed E-state index contributed by atoms with van der Waals surface area (Å²) in [6.07, 6.45) is 0. The third-order valence-electron chi connectivity index (χ3n) is 6.25. The molecule has 1 aliphatic heterocycles. The SMILES string of the molecule is CN1c2ccccc2N(Cc2cc3ccccc3c3ccccc23)c2ccccc21. The maximum absolute atomic E-state index is 2.46. The van der Waals surface area contributed by atoms with E-state index < -0.39 is 0 Å². The average molecular weight is 386 g/mol. The van der Waals surface area contributed by atoms with Gasteiger partial charge in [-0.1, -0.05) is 72.8 Å². The lowest BCUT2D eigenvalue weighted by atomic mass is 9.96. The molecule has 0 unspecified atom stereocenters. The molecule has 6 rings (SSSR count). The van der Waals surface area contributed by atoms with E-state index in [2.05, 4.69) is 120 Å². The Balaban J connectivity index is 1.58. The van der Waals surface area contributed by atoms with Crippen molar-refractivity contribution in [1.29, 1.82) is 0 Å². The van der Waals surface area contributed by atoms with Gasteiger partial charge in [-0.2, -0.15) is 0 Å². The first-order valence-electron chi connectivity index (χ1n) is 10.4. The molecule has 0 N–H and O–H groups in total. The summed E-state index contributed by atoms with van der Waals surface area (Å²) in [7, 11) is 2.15. The zero-order valence-corrected chi connectivity index (χ0v) is 16.9. The second-order valence-electron chi connectivity index (χ2n) is 7.93. The predicted octanol–water partition coefficient (Wildman–Crippen LogP) is 7.41. The summed E-state index contributed by atoms with van der Waals surface area (Å²) >= 11 is 0. The molecule has 0 saturated carbocycles. The largest absolute Gasteiger partial charge is 0.341 e. The smallest absolute Gasteiger partial charge is 0.0655 e. The van der Waals surface area contributed by atoms with Crippen LogP contribution in [0.15, 0.2) is 103 Å². The van der Waals surface area contributed by atoms with E-state index in [-0.39, 0.29) is 0 Å². The fourth-order valence-electron chi connectivity index (χ4n) is 4.81. The van der Waals surface area contributed by atoms with Crippen molar-refractivity contribution in [3.05, 3.63) is 109 Å². The van der Waals surface area contributed by atoms with Gasteiger partial charge in [0.15, 0.2) is 0 Å². The highest BCUT2D eigenvalue weighted by Crippen LogP contribution is 2.47. The molecule has 5 aromatic rings. The number of rotatable bonds is 2. The number of hydrogen-bond acceptors (Lipinski definition) is 2. The summed E-state index contributed by atoms with van der Waals surface area (Å²) in [4.78, 5) is 4.75. The van der Waals surface area contributed by atoms with Crippen molar-refractivity contribution in [3.8, 4) is 0 Å². The molecule has 2 nitrogen and oxygen atoms in total. The van der Waals surface area contributed by atoms with Gasteiger partial charge in [-0.3, -0.25) is 0 Å². The van der Waals surface area contributed by atoms with E-state index in [1.807, 2.05) is 0 Å². The average Bonchev–Trinajstić information content (AvgIpc) is 2.82. The van der Waals surface area contributed by atoms with Crippen molar-refractivity contribution >= 4 is 44.3 Å². The Kier molecular flexibility index (Phi) is 3.78. The molecule has 0 amide bonds. The molecule has 0 aromatic heterocycles. The second kappa shape index (κ2) is 6.64. The van der Waals surface area contributed by atoms with Gasteiger partial charge in [0.25, 0.3) is 0 Å². The summed E-state index contributed by atoms with van der Waals surface area (Å²) in [6, 6.07) is 37.2. The van der Waals surface area contributed by atoms with Crippen LogP contribution in [0.1, 0.15) is 5.56 Å². The van der Waals surface area contributed by atoms with E-state index in [1.54, 1.807) is 0 Å². The van der Waals surface area contributed by atoms with Gasteiger partial charge >= 0.3 is 0 Å². The van der Waals surface area contributed by atoms with E-state index in [4.69, 9.17) is 0 Å². The van der Waals surface area contributed by atoms with Gasteiger partial charge in [0.2, 0.25) is 0 Å². The van der Waals surface area contributed by atoms with Crippen LogP contribution in [0.5, 0.6) is 0 Å². The number of benzene rings is 5. The van der Waals surface area contributed by atoms with Gasteiger partial charge in [0, 0.05) is 13.6 Å². The molecule has 2 heteroatoms. The Bertz CT molecular complexity index is 1360. The number of anilines is 4. The van der Waals surface area contributed by atoms with Crippen LogP contribution < -0.4 is 9.80 Å². The molecule has 0 spiro atoms. The van der Waals surface area contributed by atoms with Crippen LogP contribution in [0.3, 0.4) is 0 Å². The number of nitrogens with zero attached hydrogens (tertiary/aromatic N) is 2.